The quantitative estimate of drug-likeness (QED) is 0.318. The van der Waals surface area contributed by atoms with E-state index in [1.165, 1.54) is 24.1 Å². The van der Waals surface area contributed by atoms with Gasteiger partial charge in [-0.3, -0.25) is 4.99 Å². The van der Waals surface area contributed by atoms with Gasteiger partial charge in [0, 0.05) is 44.6 Å². The molecule has 7 heteroatoms. The van der Waals surface area contributed by atoms with E-state index in [0.29, 0.717) is 12.4 Å². The number of rotatable bonds is 7. The second-order valence-electron chi connectivity index (χ2n) is 7.75. The third-order valence-electron chi connectivity index (χ3n) is 5.03. The molecule has 2 aromatic rings. The fourth-order valence-electron chi connectivity index (χ4n) is 3.46. The lowest BCUT2D eigenvalue weighted by Gasteiger charge is -2.22. The van der Waals surface area contributed by atoms with Crippen molar-refractivity contribution in [3.8, 4) is 5.88 Å². The number of aliphatic imine (C=N–C) groups is 1. The molecule has 30 heavy (non-hydrogen) atoms. The number of ether oxygens (including phenoxy) is 1. The first kappa shape index (κ1) is 24.2. The Bertz CT molecular complexity index is 803. The van der Waals surface area contributed by atoms with Gasteiger partial charge in [-0.1, -0.05) is 18.2 Å². The lowest BCUT2D eigenvalue weighted by atomic mass is 10.1. The Morgan fingerprint density at radius 2 is 1.93 bits per heavy atom. The van der Waals surface area contributed by atoms with Gasteiger partial charge in [-0.2, -0.15) is 0 Å². The van der Waals surface area contributed by atoms with Crippen molar-refractivity contribution < 1.29 is 4.74 Å². The molecule has 2 N–H and O–H groups in total. The summed E-state index contributed by atoms with van der Waals surface area (Å²) in [6.45, 7) is 9.11. The Balaban J connectivity index is 0.00000320. The molecule has 1 unspecified atom stereocenters. The van der Waals surface area contributed by atoms with Gasteiger partial charge in [0.05, 0.1) is 12.1 Å². The van der Waals surface area contributed by atoms with Gasteiger partial charge in [0.1, 0.15) is 0 Å². The van der Waals surface area contributed by atoms with Crippen LogP contribution in [0.4, 0.5) is 5.69 Å². The molecular formula is C23H34IN5O. The predicted octanol–water partition coefficient (Wildman–Crippen LogP) is 4.51. The highest BCUT2D eigenvalue weighted by Gasteiger charge is 2.14. The summed E-state index contributed by atoms with van der Waals surface area (Å²) in [5, 5.41) is 6.85. The zero-order valence-electron chi connectivity index (χ0n) is 18.4. The Labute approximate surface area is 197 Å². The van der Waals surface area contributed by atoms with Gasteiger partial charge in [0.15, 0.2) is 5.96 Å². The maximum Gasteiger partial charge on any atom is 0.213 e. The van der Waals surface area contributed by atoms with E-state index >= 15 is 0 Å². The summed E-state index contributed by atoms with van der Waals surface area (Å²) in [4.78, 5) is 11.2. The number of pyridine rings is 1. The number of anilines is 1. The van der Waals surface area contributed by atoms with Crippen LogP contribution in [-0.2, 0) is 6.54 Å². The fraction of sp³-hybridized carbons (Fsp3) is 0.478. The van der Waals surface area contributed by atoms with E-state index in [0.717, 1.165) is 24.6 Å². The normalized spacial score (nSPS) is 15.0. The van der Waals surface area contributed by atoms with E-state index in [9.17, 15) is 0 Å². The van der Waals surface area contributed by atoms with Crippen LogP contribution in [0.25, 0.3) is 0 Å². The topological polar surface area (TPSA) is 61.8 Å². The first-order valence-corrected chi connectivity index (χ1v) is 10.5. The smallest absolute Gasteiger partial charge is 0.213 e. The summed E-state index contributed by atoms with van der Waals surface area (Å²) in [5.74, 6) is 1.42. The second kappa shape index (κ2) is 12.0. The van der Waals surface area contributed by atoms with Crippen molar-refractivity contribution in [1.82, 2.24) is 15.6 Å². The van der Waals surface area contributed by atoms with Crippen LogP contribution in [-0.4, -0.2) is 37.2 Å². The molecule has 0 spiro atoms. The highest BCUT2D eigenvalue weighted by Crippen LogP contribution is 2.24. The second-order valence-corrected chi connectivity index (χ2v) is 7.75. The zero-order valence-corrected chi connectivity index (χ0v) is 20.7. The van der Waals surface area contributed by atoms with E-state index in [2.05, 4.69) is 56.7 Å². The minimum Gasteiger partial charge on any atom is -0.475 e. The Morgan fingerprint density at radius 1 is 1.17 bits per heavy atom. The number of nitrogens with zero attached hydrogens (tertiary/aromatic N) is 3. The van der Waals surface area contributed by atoms with Crippen LogP contribution in [0.15, 0.2) is 47.6 Å². The number of halogens is 1. The van der Waals surface area contributed by atoms with Crippen molar-refractivity contribution in [2.45, 2.75) is 52.3 Å². The highest BCUT2D eigenvalue weighted by molar-refractivity contribution is 14.0. The van der Waals surface area contributed by atoms with Gasteiger partial charge in [-0.25, -0.2) is 4.98 Å². The van der Waals surface area contributed by atoms with E-state index < -0.39 is 0 Å². The maximum absolute atomic E-state index is 5.59. The van der Waals surface area contributed by atoms with Crippen LogP contribution in [0.2, 0.25) is 0 Å². The number of aromatic nitrogens is 1. The average molecular weight is 523 g/mol. The van der Waals surface area contributed by atoms with E-state index in [4.69, 9.17) is 4.74 Å². The van der Waals surface area contributed by atoms with Gasteiger partial charge >= 0.3 is 0 Å². The molecule has 6 nitrogen and oxygen atoms in total. The molecule has 0 aliphatic carbocycles. The van der Waals surface area contributed by atoms with Crippen LogP contribution in [0.1, 0.15) is 50.8 Å². The summed E-state index contributed by atoms with van der Waals surface area (Å²) in [6.07, 6.45) is 4.53. The maximum atomic E-state index is 5.59. The molecule has 0 bridgehead atoms. The molecule has 1 aromatic heterocycles. The van der Waals surface area contributed by atoms with Gasteiger partial charge in [-0.05, 0) is 56.9 Å². The number of hydrogen-bond acceptors (Lipinski definition) is 4. The molecule has 0 saturated carbocycles. The Hall–Kier alpha value is -2.03. The molecule has 1 aliphatic heterocycles. The van der Waals surface area contributed by atoms with Crippen molar-refractivity contribution in [1.29, 1.82) is 0 Å². The first-order valence-electron chi connectivity index (χ1n) is 10.5. The fourth-order valence-corrected chi connectivity index (χ4v) is 3.46. The van der Waals surface area contributed by atoms with Gasteiger partial charge in [0.25, 0.3) is 0 Å². The highest BCUT2D eigenvalue weighted by atomic mass is 127. The molecule has 1 fully saturated rings. The van der Waals surface area contributed by atoms with Crippen LogP contribution < -0.4 is 20.3 Å². The number of guanidine groups is 1. The summed E-state index contributed by atoms with van der Waals surface area (Å²) >= 11 is 0. The summed E-state index contributed by atoms with van der Waals surface area (Å²) < 4.78 is 5.59. The van der Waals surface area contributed by atoms with Crippen molar-refractivity contribution in [3.63, 3.8) is 0 Å². The van der Waals surface area contributed by atoms with Crippen molar-refractivity contribution in [2.24, 2.45) is 4.99 Å². The molecular weight excluding hydrogens is 489 g/mol. The minimum atomic E-state index is 0. The van der Waals surface area contributed by atoms with Crippen molar-refractivity contribution >= 4 is 35.6 Å². The van der Waals surface area contributed by atoms with Gasteiger partial charge in [0.2, 0.25) is 5.88 Å². The van der Waals surface area contributed by atoms with Crippen molar-refractivity contribution in [2.75, 3.05) is 25.0 Å². The molecule has 1 saturated heterocycles. The van der Waals surface area contributed by atoms with Crippen LogP contribution in [0.5, 0.6) is 5.88 Å². The lowest BCUT2D eigenvalue weighted by Crippen LogP contribution is -2.38. The SMILES string of the molecule is CN=C(NCc1ccc(OC(C)C)nc1)NC(C)c1cccc(N2CCCC2)c1.I. The van der Waals surface area contributed by atoms with Gasteiger partial charge in [-0.15, -0.1) is 24.0 Å². The monoisotopic (exact) mass is 523 g/mol. The van der Waals surface area contributed by atoms with Gasteiger partial charge < -0.3 is 20.3 Å². The molecule has 164 valence electrons. The molecule has 1 aromatic carbocycles. The average Bonchev–Trinajstić information content (AvgIpc) is 3.26. The largest absolute Gasteiger partial charge is 0.475 e. The minimum absolute atomic E-state index is 0. The number of hydrogen-bond donors (Lipinski definition) is 2. The first-order chi connectivity index (χ1) is 14.0. The Morgan fingerprint density at radius 3 is 2.57 bits per heavy atom. The van der Waals surface area contributed by atoms with Crippen LogP contribution in [0, 0.1) is 0 Å². The molecule has 1 aliphatic rings. The number of nitrogens with one attached hydrogen (secondary N) is 2. The number of benzene rings is 1. The molecule has 3 rings (SSSR count). The Kier molecular flexibility index (Phi) is 9.68. The predicted molar refractivity (Wildman–Crippen MR) is 135 cm³/mol. The summed E-state index contributed by atoms with van der Waals surface area (Å²) in [7, 11) is 1.79. The molecule has 1 atom stereocenters. The molecule has 0 radical (unpaired) electrons. The third kappa shape index (κ3) is 7.04. The zero-order chi connectivity index (χ0) is 20.6. The lowest BCUT2D eigenvalue weighted by molar-refractivity contribution is 0.232. The molecule has 0 amide bonds. The van der Waals surface area contributed by atoms with Crippen LogP contribution in [0.3, 0.4) is 0 Å². The standard InChI is InChI=1S/C23H33N5O.HI/c1-17(2)29-22-11-10-19(15-25-22)16-26-23(24-4)27-18(3)20-8-7-9-21(14-20)28-12-5-6-13-28;/h7-11,14-15,17-18H,5-6,12-13,16H2,1-4H3,(H2,24,26,27);1H. The van der Waals surface area contributed by atoms with Crippen LogP contribution >= 0.6 is 24.0 Å². The molecule has 2 heterocycles. The summed E-state index contributed by atoms with van der Waals surface area (Å²) in [5.41, 5.74) is 3.65. The summed E-state index contributed by atoms with van der Waals surface area (Å²) in [6, 6.07) is 12.9. The van der Waals surface area contributed by atoms with E-state index in [-0.39, 0.29) is 36.1 Å². The van der Waals surface area contributed by atoms with Crippen molar-refractivity contribution in [3.05, 3.63) is 53.7 Å². The van der Waals surface area contributed by atoms with E-state index in [1.54, 1.807) is 7.05 Å². The third-order valence-corrected chi connectivity index (χ3v) is 5.03. The van der Waals surface area contributed by atoms with E-state index in [1.807, 2.05) is 32.2 Å².